The summed E-state index contributed by atoms with van der Waals surface area (Å²) in [7, 11) is 0. The molecule has 3 amide bonds. The van der Waals surface area contributed by atoms with Crippen LogP contribution in [0.4, 0.5) is 5.69 Å². The third-order valence-corrected chi connectivity index (χ3v) is 7.54. The fourth-order valence-corrected chi connectivity index (χ4v) is 5.96. The van der Waals surface area contributed by atoms with Gasteiger partial charge in [0.05, 0.1) is 37.2 Å². The molecule has 2 unspecified atom stereocenters. The zero-order valence-electron chi connectivity index (χ0n) is 20.8. The van der Waals surface area contributed by atoms with E-state index in [1.54, 1.807) is 31.2 Å². The van der Waals surface area contributed by atoms with E-state index in [-0.39, 0.29) is 24.3 Å². The average molecular weight is 488 g/mol. The lowest BCUT2D eigenvalue weighted by Crippen LogP contribution is -2.57. The average Bonchev–Trinajstić information content (AvgIpc) is 3.50. The Hall–Kier alpha value is -2.65. The van der Waals surface area contributed by atoms with Gasteiger partial charge in [-0.25, -0.2) is 0 Å². The highest BCUT2D eigenvalue weighted by molar-refractivity contribution is 6.02. The van der Waals surface area contributed by atoms with Crippen molar-refractivity contribution in [2.24, 2.45) is 11.8 Å². The molecule has 35 heavy (non-hydrogen) atoms. The van der Waals surface area contributed by atoms with Gasteiger partial charge in [-0.15, -0.1) is 0 Å². The first-order valence-electron chi connectivity index (χ1n) is 12.8. The standard InChI is InChI=1S/C26H37N3O6/c1-4-6-7-14-27-24(32)22-26-13-12-19(35-26)20(21(26)25(33)29(22)16(3)15-30)23(31)28-17-8-10-18(11-9-17)34-5-2/h8-11,16,19-22,30H,4-7,12-15H2,1-3H3,(H,27,32)(H,28,31)/t16-,19-,20+,21+,22?,26?/m1/s1. The summed E-state index contributed by atoms with van der Waals surface area (Å²) >= 11 is 0. The van der Waals surface area contributed by atoms with Gasteiger partial charge >= 0.3 is 0 Å². The molecule has 1 spiro atoms. The van der Waals surface area contributed by atoms with Crippen molar-refractivity contribution in [2.45, 2.75) is 76.7 Å². The maximum Gasteiger partial charge on any atom is 0.245 e. The zero-order valence-corrected chi connectivity index (χ0v) is 20.8. The van der Waals surface area contributed by atoms with Crippen molar-refractivity contribution in [1.82, 2.24) is 10.2 Å². The van der Waals surface area contributed by atoms with Crippen molar-refractivity contribution < 1.29 is 29.0 Å². The van der Waals surface area contributed by atoms with Crippen LogP contribution < -0.4 is 15.4 Å². The van der Waals surface area contributed by atoms with Gasteiger partial charge in [0.1, 0.15) is 17.4 Å². The van der Waals surface area contributed by atoms with Gasteiger partial charge in [0.15, 0.2) is 0 Å². The molecule has 0 saturated carbocycles. The van der Waals surface area contributed by atoms with Crippen molar-refractivity contribution in [3.63, 3.8) is 0 Å². The van der Waals surface area contributed by atoms with Crippen LogP contribution in [-0.2, 0) is 19.1 Å². The summed E-state index contributed by atoms with van der Waals surface area (Å²) in [6, 6.07) is 5.65. The Labute approximate surface area is 206 Å². The topological polar surface area (TPSA) is 117 Å². The summed E-state index contributed by atoms with van der Waals surface area (Å²) in [4.78, 5) is 42.0. The second-order valence-electron chi connectivity index (χ2n) is 9.78. The van der Waals surface area contributed by atoms with Crippen molar-refractivity contribution in [1.29, 1.82) is 0 Å². The van der Waals surface area contributed by atoms with Crippen LogP contribution in [-0.4, -0.2) is 71.3 Å². The van der Waals surface area contributed by atoms with Crippen LogP contribution in [0.1, 0.15) is 52.9 Å². The highest BCUT2D eigenvalue weighted by Crippen LogP contribution is 2.58. The molecular formula is C26H37N3O6. The molecule has 1 aromatic carbocycles. The lowest BCUT2D eigenvalue weighted by atomic mass is 9.70. The van der Waals surface area contributed by atoms with Gasteiger partial charge in [0.25, 0.3) is 0 Å². The predicted molar refractivity (Wildman–Crippen MR) is 130 cm³/mol. The van der Waals surface area contributed by atoms with Crippen LogP contribution in [0.2, 0.25) is 0 Å². The number of unbranched alkanes of at least 4 members (excludes halogenated alkanes) is 2. The maximum atomic E-state index is 13.7. The summed E-state index contributed by atoms with van der Waals surface area (Å²) in [5.74, 6) is -1.61. The monoisotopic (exact) mass is 487 g/mol. The highest BCUT2D eigenvalue weighted by atomic mass is 16.5. The number of nitrogens with zero attached hydrogens (tertiary/aromatic N) is 1. The molecule has 3 fully saturated rings. The predicted octanol–water partition coefficient (Wildman–Crippen LogP) is 2.09. The molecule has 0 radical (unpaired) electrons. The van der Waals surface area contributed by atoms with Gasteiger partial charge in [0, 0.05) is 12.2 Å². The molecule has 4 rings (SSSR count). The number of ether oxygens (including phenoxy) is 2. The number of benzene rings is 1. The van der Waals surface area contributed by atoms with Gasteiger partial charge in [-0.2, -0.15) is 0 Å². The maximum absolute atomic E-state index is 13.7. The zero-order chi connectivity index (χ0) is 25.2. The minimum absolute atomic E-state index is 0.273. The highest BCUT2D eigenvalue weighted by Gasteiger charge is 2.74. The summed E-state index contributed by atoms with van der Waals surface area (Å²) in [6.45, 7) is 6.50. The summed E-state index contributed by atoms with van der Waals surface area (Å²) in [5, 5.41) is 15.8. The Morgan fingerprint density at radius 2 is 1.97 bits per heavy atom. The fourth-order valence-electron chi connectivity index (χ4n) is 5.96. The molecule has 6 atom stereocenters. The Morgan fingerprint density at radius 3 is 2.63 bits per heavy atom. The lowest BCUT2D eigenvalue weighted by molar-refractivity contribution is -0.144. The smallest absolute Gasteiger partial charge is 0.245 e. The Kier molecular flexibility index (Phi) is 7.66. The lowest BCUT2D eigenvalue weighted by Gasteiger charge is -2.35. The number of aliphatic hydroxyl groups excluding tert-OH is 1. The van der Waals surface area contributed by atoms with Crippen molar-refractivity contribution in [3.8, 4) is 5.75 Å². The van der Waals surface area contributed by atoms with E-state index in [4.69, 9.17) is 9.47 Å². The molecule has 3 aliphatic rings. The summed E-state index contributed by atoms with van der Waals surface area (Å²) < 4.78 is 11.8. The van der Waals surface area contributed by atoms with E-state index in [0.717, 1.165) is 19.3 Å². The van der Waals surface area contributed by atoms with E-state index >= 15 is 0 Å². The van der Waals surface area contributed by atoms with Crippen molar-refractivity contribution in [2.75, 3.05) is 25.1 Å². The summed E-state index contributed by atoms with van der Waals surface area (Å²) in [6.07, 6.45) is 3.60. The van der Waals surface area contributed by atoms with Gasteiger partial charge in [0.2, 0.25) is 17.7 Å². The third kappa shape index (κ3) is 4.51. The molecule has 9 nitrogen and oxygen atoms in total. The molecule has 9 heteroatoms. The van der Waals surface area contributed by atoms with Gasteiger partial charge in [-0.1, -0.05) is 19.8 Å². The molecule has 3 saturated heterocycles. The minimum atomic E-state index is -1.05. The molecule has 3 N–H and O–H groups in total. The van der Waals surface area contributed by atoms with Crippen LogP contribution >= 0.6 is 0 Å². The fraction of sp³-hybridized carbons (Fsp3) is 0.654. The number of anilines is 1. The third-order valence-electron chi connectivity index (χ3n) is 7.54. The second-order valence-corrected chi connectivity index (χ2v) is 9.78. The van der Waals surface area contributed by atoms with Crippen LogP contribution in [0, 0.1) is 11.8 Å². The van der Waals surface area contributed by atoms with E-state index in [1.165, 1.54) is 4.90 Å². The van der Waals surface area contributed by atoms with Crippen LogP contribution in [0.5, 0.6) is 5.75 Å². The van der Waals surface area contributed by atoms with E-state index in [2.05, 4.69) is 17.6 Å². The quantitative estimate of drug-likeness (QED) is 0.412. The minimum Gasteiger partial charge on any atom is -0.494 e. The van der Waals surface area contributed by atoms with Gasteiger partial charge in [-0.05, 0) is 57.4 Å². The number of fused-ring (bicyclic) bond motifs is 1. The van der Waals surface area contributed by atoms with Crippen molar-refractivity contribution >= 4 is 23.4 Å². The first-order valence-corrected chi connectivity index (χ1v) is 12.8. The van der Waals surface area contributed by atoms with E-state index in [1.807, 2.05) is 6.92 Å². The Balaban J connectivity index is 1.57. The number of carbonyl (C=O) groups is 3. The van der Waals surface area contributed by atoms with E-state index < -0.39 is 35.6 Å². The van der Waals surface area contributed by atoms with Crippen molar-refractivity contribution in [3.05, 3.63) is 24.3 Å². The van der Waals surface area contributed by atoms with Crippen LogP contribution in [0.15, 0.2) is 24.3 Å². The molecule has 0 aromatic heterocycles. The number of carbonyl (C=O) groups excluding carboxylic acids is 3. The van der Waals surface area contributed by atoms with E-state index in [9.17, 15) is 19.5 Å². The Bertz CT molecular complexity index is 938. The van der Waals surface area contributed by atoms with Crippen LogP contribution in [0.25, 0.3) is 0 Å². The number of amides is 3. The van der Waals surface area contributed by atoms with E-state index in [0.29, 0.717) is 37.4 Å². The molecule has 1 aromatic rings. The molecule has 2 bridgehead atoms. The molecule has 192 valence electrons. The molecule has 3 heterocycles. The molecular weight excluding hydrogens is 450 g/mol. The molecule has 3 aliphatic heterocycles. The number of likely N-dealkylation sites (tertiary alicyclic amines) is 1. The first-order chi connectivity index (χ1) is 16.9. The van der Waals surface area contributed by atoms with Gasteiger partial charge < -0.3 is 30.1 Å². The van der Waals surface area contributed by atoms with Crippen LogP contribution in [0.3, 0.4) is 0 Å². The normalized spacial score (nSPS) is 29.7. The number of nitrogens with one attached hydrogen (secondary N) is 2. The first kappa shape index (κ1) is 25.4. The number of hydrogen-bond acceptors (Lipinski definition) is 6. The number of aliphatic hydroxyl groups is 1. The van der Waals surface area contributed by atoms with Gasteiger partial charge in [-0.3, -0.25) is 14.4 Å². The number of hydrogen-bond donors (Lipinski definition) is 3. The number of rotatable bonds is 11. The molecule has 0 aliphatic carbocycles. The largest absolute Gasteiger partial charge is 0.494 e. The Morgan fingerprint density at radius 1 is 1.23 bits per heavy atom. The summed E-state index contributed by atoms with van der Waals surface area (Å²) in [5.41, 5.74) is -0.451. The second kappa shape index (κ2) is 10.5. The SMILES string of the molecule is CCCCCNC(=O)C1N([C@H](C)CO)C(=O)[C@@H]2[C@@H](C(=O)Nc3ccc(OCC)cc3)[C@H]3CCC12O3.